The van der Waals surface area contributed by atoms with Crippen LogP contribution in [0.2, 0.25) is 0 Å². The molecule has 0 saturated heterocycles. The molecule has 5 heteroatoms. The van der Waals surface area contributed by atoms with Crippen LogP contribution in [0.5, 0.6) is 5.75 Å². The van der Waals surface area contributed by atoms with Crippen molar-refractivity contribution < 1.29 is 9.47 Å². The van der Waals surface area contributed by atoms with Crippen molar-refractivity contribution in [3.8, 4) is 5.75 Å². The molecule has 3 nitrogen and oxygen atoms in total. The summed E-state index contributed by atoms with van der Waals surface area (Å²) >= 11 is 8.51. The quantitative estimate of drug-likeness (QED) is 0.850. The summed E-state index contributed by atoms with van der Waals surface area (Å²) in [6.45, 7) is 0. The Morgan fingerprint density at radius 3 is 2.79 bits per heavy atom. The van der Waals surface area contributed by atoms with E-state index in [-0.39, 0.29) is 6.10 Å². The Hall–Kier alpha value is -0.650. The van der Waals surface area contributed by atoms with Gasteiger partial charge in [-0.1, -0.05) is 28.1 Å². The Balaban J connectivity index is 2.13. The van der Waals surface area contributed by atoms with Crippen LogP contribution in [0.3, 0.4) is 0 Å². The smallest absolute Gasteiger partial charge is 0.131 e. The number of rotatable bonds is 4. The van der Waals surface area contributed by atoms with Crippen LogP contribution in [0, 0.1) is 0 Å². The Bertz CT molecular complexity index is 467. The summed E-state index contributed by atoms with van der Waals surface area (Å²) in [5.74, 6) is 0.753. The Labute approximate surface area is 127 Å². The first-order valence-corrected chi connectivity index (χ1v) is 7.59. The summed E-state index contributed by atoms with van der Waals surface area (Å²) in [6.07, 6.45) is 4.65. The van der Waals surface area contributed by atoms with Crippen molar-refractivity contribution >= 4 is 33.1 Å². The topological polar surface area (TPSA) is 44.5 Å². The molecule has 1 saturated carbocycles. The summed E-state index contributed by atoms with van der Waals surface area (Å²) in [5, 5.41) is 0. The van der Waals surface area contributed by atoms with Crippen LogP contribution >= 0.6 is 28.1 Å². The van der Waals surface area contributed by atoms with Crippen LogP contribution in [0.4, 0.5) is 0 Å². The fourth-order valence-corrected chi connectivity index (χ4v) is 2.91. The maximum Gasteiger partial charge on any atom is 0.131 e. The van der Waals surface area contributed by atoms with Crippen molar-refractivity contribution in [1.82, 2.24) is 0 Å². The average Bonchev–Trinajstić information content (AvgIpc) is 2.38. The van der Waals surface area contributed by atoms with Gasteiger partial charge in [0, 0.05) is 18.0 Å². The lowest BCUT2D eigenvalue weighted by Crippen LogP contribution is -2.30. The molecule has 1 aliphatic carbocycles. The van der Waals surface area contributed by atoms with Crippen LogP contribution < -0.4 is 10.5 Å². The largest absolute Gasteiger partial charge is 0.490 e. The van der Waals surface area contributed by atoms with E-state index in [9.17, 15) is 0 Å². The van der Waals surface area contributed by atoms with Gasteiger partial charge in [0.15, 0.2) is 0 Å². The number of thiocarbonyl (C=S) groups is 1. The van der Waals surface area contributed by atoms with E-state index in [4.69, 9.17) is 27.4 Å². The predicted molar refractivity (Wildman–Crippen MR) is 83.7 cm³/mol. The fourth-order valence-electron chi connectivity index (χ4n) is 2.40. The third-order valence-electron chi connectivity index (χ3n) is 3.41. The first kappa shape index (κ1) is 14.8. The van der Waals surface area contributed by atoms with Crippen molar-refractivity contribution in [2.75, 3.05) is 7.11 Å². The third kappa shape index (κ3) is 3.91. The minimum atomic E-state index is 0.168. The van der Waals surface area contributed by atoms with E-state index in [1.807, 2.05) is 18.2 Å². The fraction of sp³-hybridized carbons (Fsp3) is 0.500. The number of hydrogen-bond donors (Lipinski definition) is 1. The Morgan fingerprint density at radius 1 is 1.37 bits per heavy atom. The monoisotopic (exact) mass is 343 g/mol. The molecule has 0 amide bonds. The Morgan fingerprint density at radius 2 is 2.11 bits per heavy atom. The number of nitrogens with two attached hydrogens (primary N) is 1. The zero-order valence-electron chi connectivity index (χ0n) is 10.9. The second-order valence-corrected chi connectivity index (χ2v) is 6.12. The minimum absolute atomic E-state index is 0.168. The lowest BCUT2D eigenvalue weighted by molar-refractivity contribution is 0.0209. The molecule has 19 heavy (non-hydrogen) atoms. The zero-order chi connectivity index (χ0) is 13.8. The molecule has 0 aliphatic heterocycles. The van der Waals surface area contributed by atoms with E-state index in [0.717, 1.165) is 41.5 Å². The molecule has 1 aromatic carbocycles. The van der Waals surface area contributed by atoms with Gasteiger partial charge in [0.2, 0.25) is 0 Å². The number of benzene rings is 1. The van der Waals surface area contributed by atoms with Gasteiger partial charge in [-0.25, -0.2) is 0 Å². The second-order valence-electron chi connectivity index (χ2n) is 4.77. The van der Waals surface area contributed by atoms with Crippen molar-refractivity contribution in [2.45, 2.75) is 37.9 Å². The van der Waals surface area contributed by atoms with Gasteiger partial charge in [-0.2, -0.15) is 0 Å². The van der Waals surface area contributed by atoms with Crippen LogP contribution in [0.1, 0.15) is 31.2 Å². The van der Waals surface area contributed by atoms with Crippen molar-refractivity contribution in [3.05, 3.63) is 28.2 Å². The van der Waals surface area contributed by atoms with Gasteiger partial charge in [-0.15, -0.1) is 0 Å². The highest BCUT2D eigenvalue weighted by atomic mass is 79.9. The number of halogens is 1. The molecule has 0 spiro atoms. The molecule has 1 fully saturated rings. The molecule has 0 aromatic heterocycles. The standard InChI is InChI=1S/C14H18BrNO2S/c1-17-10-3-2-4-11(8-10)18-13-7-9(15)5-6-12(13)14(16)19/h5-7,10-11H,2-4,8H2,1H3,(H2,16,19). The maximum atomic E-state index is 6.08. The highest BCUT2D eigenvalue weighted by molar-refractivity contribution is 9.10. The zero-order valence-corrected chi connectivity index (χ0v) is 13.3. The normalized spacial score (nSPS) is 23.1. The third-order valence-corrected chi connectivity index (χ3v) is 4.13. The molecule has 1 aromatic rings. The van der Waals surface area contributed by atoms with Gasteiger partial charge in [0.25, 0.3) is 0 Å². The highest BCUT2D eigenvalue weighted by Crippen LogP contribution is 2.29. The molecule has 1 aliphatic rings. The molecule has 2 N–H and O–H groups in total. The lowest BCUT2D eigenvalue weighted by Gasteiger charge is -2.29. The van der Waals surface area contributed by atoms with Crippen LogP contribution in [0.15, 0.2) is 22.7 Å². The van der Waals surface area contributed by atoms with Crippen molar-refractivity contribution in [1.29, 1.82) is 0 Å². The maximum absolute atomic E-state index is 6.08. The van der Waals surface area contributed by atoms with E-state index < -0.39 is 0 Å². The van der Waals surface area contributed by atoms with E-state index in [0.29, 0.717) is 11.1 Å². The number of hydrogen-bond acceptors (Lipinski definition) is 3. The van der Waals surface area contributed by atoms with Gasteiger partial charge < -0.3 is 15.2 Å². The lowest BCUT2D eigenvalue weighted by atomic mass is 9.95. The average molecular weight is 344 g/mol. The summed E-state index contributed by atoms with van der Waals surface area (Å²) in [6, 6.07) is 5.73. The molecule has 2 rings (SSSR count). The summed E-state index contributed by atoms with van der Waals surface area (Å²) in [5.41, 5.74) is 6.52. The van der Waals surface area contributed by atoms with Crippen LogP contribution in [-0.2, 0) is 4.74 Å². The Kier molecular flexibility index (Phi) is 5.19. The minimum Gasteiger partial charge on any atom is -0.490 e. The van der Waals surface area contributed by atoms with Crippen LogP contribution in [-0.4, -0.2) is 24.3 Å². The van der Waals surface area contributed by atoms with E-state index in [1.54, 1.807) is 7.11 Å². The predicted octanol–water partition coefficient (Wildman–Crippen LogP) is 3.42. The molecule has 2 unspecified atom stereocenters. The van der Waals surface area contributed by atoms with E-state index >= 15 is 0 Å². The molecule has 0 heterocycles. The van der Waals surface area contributed by atoms with E-state index in [2.05, 4.69) is 15.9 Å². The number of methoxy groups -OCH3 is 1. The highest BCUT2D eigenvalue weighted by Gasteiger charge is 2.24. The summed E-state index contributed by atoms with van der Waals surface area (Å²) in [4.78, 5) is 0.363. The second kappa shape index (κ2) is 6.68. The van der Waals surface area contributed by atoms with Gasteiger partial charge >= 0.3 is 0 Å². The molecule has 2 atom stereocenters. The van der Waals surface area contributed by atoms with Crippen molar-refractivity contribution in [3.63, 3.8) is 0 Å². The number of ether oxygens (including phenoxy) is 2. The summed E-state index contributed by atoms with van der Waals surface area (Å²) in [7, 11) is 1.76. The molecule has 104 valence electrons. The van der Waals surface area contributed by atoms with Crippen molar-refractivity contribution in [2.24, 2.45) is 5.73 Å². The van der Waals surface area contributed by atoms with Gasteiger partial charge in [-0.05, 0) is 37.5 Å². The first-order chi connectivity index (χ1) is 9.10. The van der Waals surface area contributed by atoms with Crippen LogP contribution in [0.25, 0.3) is 0 Å². The molecular weight excluding hydrogens is 326 g/mol. The SMILES string of the molecule is COC1CCCC(Oc2cc(Br)ccc2C(N)=S)C1. The van der Waals surface area contributed by atoms with E-state index in [1.165, 1.54) is 0 Å². The van der Waals surface area contributed by atoms with Gasteiger partial charge in [-0.3, -0.25) is 0 Å². The molecule has 0 bridgehead atoms. The summed E-state index contributed by atoms with van der Waals surface area (Å²) < 4.78 is 12.5. The van der Waals surface area contributed by atoms with Gasteiger partial charge in [0.05, 0.1) is 11.7 Å². The molecule has 0 radical (unpaired) electrons. The first-order valence-electron chi connectivity index (χ1n) is 6.39. The van der Waals surface area contributed by atoms with Gasteiger partial charge in [0.1, 0.15) is 16.8 Å². The molecular formula is C14H18BrNO2S.